The second-order valence-corrected chi connectivity index (χ2v) is 11.9. The minimum absolute atomic E-state index is 0.124. The van der Waals surface area contributed by atoms with Crippen LogP contribution in [-0.4, -0.2) is 47.4 Å². The smallest absolute Gasteiger partial charge is 0.431 e. The number of carbonyl (C=O) groups excluding carboxylic acids is 1. The molecule has 16 heteroatoms. The molecule has 1 aromatic carbocycles. The van der Waals surface area contributed by atoms with Crippen LogP contribution < -0.4 is 11.2 Å². The largest absolute Gasteiger partial charge is 0.481 e. The van der Waals surface area contributed by atoms with Crippen molar-refractivity contribution in [1.82, 2.24) is 9.13 Å². The topological polar surface area (TPSA) is 136 Å². The molecule has 220 valence electrons. The molecule has 9 nitrogen and oxygen atoms in total. The SMILES string of the molecule is CC(=O)O.CC(Sc1cc(-n2c(=O)cc(C(F)(F)F)n(C)c2=O)c(F)cc1Cl)C(=O)SCC1(C(C)C(=O)O)CC1. The Labute approximate surface area is 238 Å². The van der Waals surface area contributed by atoms with Crippen molar-refractivity contribution in [3.8, 4) is 5.69 Å². The lowest BCUT2D eigenvalue weighted by Crippen LogP contribution is -2.41. The van der Waals surface area contributed by atoms with E-state index in [-0.39, 0.29) is 30.2 Å². The molecule has 2 unspecified atom stereocenters. The zero-order valence-electron chi connectivity index (χ0n) is 21.5. The molecule has 0 aliphatic heterocycles. The van der Waals surface area contributed by atoms with E-state index >= 15 is 0 Å². The zero-order chi connectivity index (χ0) is 30.7. The summed E-state index contributed by atoms with van der Waals surface area (Å²) in [5, 5.41) is 15.5. The maximum Gasteiger partial charge on any atom is 0.431 e. The van der Waals surface area contributed by atoms with Crippen molar-refractivity contribution in [3.63, 3.8) is 0 Å². The van der Waals surface area contributed by atoms with E-state index in [1.165, 1.54) is 0 Å². The van der Waals surface area contributed by atoms with Crippen molar-refractivity contribution in [2.45, 2.75) is 49.9 Å². The summed E-state index contributed by atoms with van der Waals surface area (Å²) in [4.78, 5) is 58.0. The average Bonchev–Trinajstić information content (AvgIpc) is 3.61. The Kier molecular flexibility index (Phi) is 10.7. The average molecular weight is 629 g/mol. The van der Waals surface area contributed by atoms with Gasteiger partial charge in [0.1, 0.15) is 11.5 Å². The van der Waals surface area contributed by atoms with Crippen molar-refractivity contribution in [3.05, 3.63) is 55.6 Å². The number of carboxylic acid groups (broad SMARTS) is 2. The number of thioether (sulfide) groups is 2. The number of aromatic nitrogens is 2. The van der Waals surface area contributed by atoms with E-state index in [1.807, 2.05) is 0 Å². The molecule has 0 amide bonds. The van der Waals surface area contributed by atoms with E-state index in [9.17, 15) is 41.8 Å². The van der Waals surface area contributed by atoms with Gasteiger partial charge in [0.25, 0.3) is 11.5 Å². The molecule has 1 aromatic heterocycles. The summed E-state index contributed by atoms with van der Waals surface area (Å²) in [7, 11) is 0.806. The normalized spacial score (nSPS) is 15.4. The number of benzene rings is 1. The van der Waals surface area contributed by atoms with Gasteiger partial charge in [-0.15, -0.1) is 11.8 Å². The molecule has 0 spiro atoms. The van der Waals surface area contributed by atoms with Crippen LogP contribution in [0.3, 0.4) is 0 Å². The summed E-state index contributed by atoms with van der Waals surface area (Å²) >= 11 is 8.01. The molecule has 1 saturated carbocycles. The second-order valence-electron chi connectivity index (χ2n) is 9.09. The Morgan fingerprint density at radius 3 is 2.15 bits per heavy atom. The van der Waals surface area contributed by atoms with E-state index in [1.54, 1.807) is 13.8 Å². The van der Waals surface area contributed by atoms with Crippen LogP contribution in [0.2, 0.25) is 5.02 Å². The standard InChI is InChI=1S/C22H21ClF4N2O5S2.C2H4O2/c1-10(18(31)32)21(4-5-21)9-35-19(33)11(2)36-15-7-14(13(24)6-12(15)23)29-17(30)8-16(22(25,26)27)28(3)20(29)34;1-2(3)4/h6-8,10-11H,4-5,9H2,1-3H3,(H,31,32);1H3,(H,3,4). The first-order valence-electron chi connectivity index (χ1n) is 11.5. The van der Waals surface area contributed by atoms with Crippen LogP contribution in [0.1, 0.15) is 39.3 Å². The van der Waals surface area contributed by atoms with Gasteiger partial charge in [0.05, 0.1) is 21.9 Å². The van der Waals surface area contributed by atoms with Gasteiger partial charge in [0.15, 0.2) is 0 Å². The molecule has 3 rings (SSSR count). The van der Waals surface area contributed by atoms with Gasteiger partial charge in [-0.2, -0.15) is 13.2 Å². The number of halogens is 5. The third kappa shape index (κ3) is 7.91. The lowest BCUT2D eigenvalue weighted by Gasteiger charge is -2.20. The zero-order valence-corrected chi connectivity index (χ0v) is 23.9. The molecule has 0 saturated heterocycles. The van der Waals surface area contributed by atoms with Gasteiger partial charge in [-0.3, -0.25) is 23.7 Å². The van der Waals surface area contributed by atoms with Gasteiger partial charge in [-0.1, -0.05) is 30.3 Å². The van der Waals surface area contributed by atoms with E-state index in [0.717, 1.165) is 49.6 Å². The van der Waals surface area contributed by atoms with Crippen molar-refractivity contribution < 1.29 is 42.2 Å². The fraction of sp³-hybridized carbons (Fsp3) is 0.458. The maximum absolute atomic E-state index is 14.7. The van der Waals surface area contributed by atoms with Gasteiger partial charge in [-0.25, -0.2) is 13.8 Å². The maximum atomic E-state index is 14.7. The van der Waals surface area contributed by atoms with E-state index in [0.29, 0.717) is 18.6 Å². The van der Waals surface area contributed by atoms with Crippen molar-refractivity contribution in [1.29, 1.82) is 0 Å². The van der Waals surface area contributed by atoms with Crippen LogP contribution in [0.5, 0.6) is 0 Å². The number of rotatable bonds is 8. The number of carboxylic acids is 2. The predicted octanol–water partition coefficient (Wildman–Crippen LogP) is 4.68. The van der Waals surface area contributed by atoms with Crippen molar-refractivity contribution in [2.75, 3.05) is 5.75 Å². The lowest BCUT2D eigenvalue weighted by atomic mass is 9.93. The molecular weight excluding hydrogens is 604 g/mol. The van der Waals surface area contributed by atoms with Crippen LogP contribution in [-0.2, 0) is 27.6 Å². The van der Waals surface area contributed by atoms with Crippen LogP contribution in [0.15, 0.2) is 32.7 Å². The lowest BCUT2D eigenvalue weighted by molar-refractivity contribution is -0.144. The molecule has 1 fully saturated rings. The van der Waals surface area contributed by atoms with Crippen LogP contribution in [0, 0.1) is 17.2 Å². The number of alkyl halides is 3. The summed E-state index contributed by atoms with van der Waals surface area (Å²) in [5.74, 6) is -3.16. The number of carbonyl (C=O) groups is 3. The molecule has 1 aliphatic carbocycles. The third-order valence-electron chi connectivity index (χ3n) is 6.17. The molecule has 0 bridgehead atoms. The third-order valence-corrected chi connectivity index (χ3v) is 9.26. The number of nitrogens with zero attached hydrogens (tertiary/aromatic N) is 2. The summed E-state index contributed by atoms with van der Waals surface area (Å²) in [6.45, 7) is 4.24. The first-order chi connectivity index (χ1) is 18.3. The molecule has 1 heterocycles. The molecule has 2 atom stereocenters. The second kappa shape index (κ2) is 12.8. The predicted molar refractivity (Wildman–Crippen MR) is 142 cm³/mol. The molecule has 40 heavy (non-hydrogen) atoms. The summed E-state index contributed by atoms with van der Waals surface area (Å²) < 4.78 is 54.5. The van der Waals surface area contributed by atoms with Crippen LogP contribution in [0.25, 0.3) is 5.69 Å². The number of aliphatic carboxylic acids is 2. The van der Waals surface area contributed by atoms with E-state index in [4.69, 9.17) is 21.5 Å². The van der Waals surface area contributed by atoms with Gasteiger partial charge in [-0.05, 0) is 37.3 Å². The Morgan fingerprint density at radius 2 is 1.68 bits per heavy atom. The van der Waals surface area contributed by atoms with E-state index in [2.05, 4.69) is 0 Å². The highest BCUT2D eigenvalue weighted by atomic mass is 35.5. The fourth-order valence-corrected chi connectivity index (χ4v) is 6.26. The van der Waals surface area contributed by atoms with Gasteiger partial charge >= 0.3 is 17.8 Å². The van der Waals surface area contributed by atoms with Gasteiger partial charge in [0, 0.05) is 30.7 Å². The van der Waals surface area contributed by atoms with E-state index < -0.39 is 63.1 Å². The summed E-state index contributed by atoms with van der Waals surface area (Å²) in [6, 6.07) is 2.03. The Morgan fingerprint density at radius 1 is 1.12 bits per heavy atom. The summed E-state index contributed by atoms with van der Waals surface area (Å²) in [5.41, 5.74) is -5.33. The molecule has 1 aliphatic rings. The Balaban J connectivity index is 0.00000131. The Bertz CT molecular complexity index is 1430. The minimum atomic E-state index is -4.97. The van der Waals surface area contributed by atoms with Crippen LogP contribution >= 0.6 is 35.1 Å². The molecule has 2 aromatic rings. The molecular formula is C24H25ClF4N2O7S2. The Hall–Kier alpha value is -2.78. The fourth-order valence-electron chi connectivity index (χ4n) is 3.60. The van der Waals surface area contributed by atoms with Crippen LogP contribution in [0.4, 0.5) is 17.6 Å². The monoisotopic (exact) mass is 628 g/mol. The minimum Gasteiger partial charge on any atom is -0.481 e. The molecule has 0 radical (unpaired) electrons. The number of hydrogen-bond acceptors (Lipinski definition) is 7. The first-order valence-corrected chi connectivity index (χ1v) is 13.7. The molecule has 2 N–H and O–H groups in total. The first kappa shape index (κ1) is 33.4. The van der Waals surface area contributed by atoms with Gasteiger partial charge < -0.3 is 10.2 Å². The highest BCUT2D eigenvalue weighted by Gasteiger charge is 2.50. The van der Waals surface area contributed by atoms with Crippen molar-refractivity contribution in [2.24, 2.45) is 18.4 Å². The highest BCUT2D eigenvalue weighted by molar-refractivity contribution is 8.16. The quantitative estimate of drug-likeness (QED) is 0.315. The van der Waals surface area contributed by atoms with Gasteiger partial charge in [0.2, 0.25) is 5.12 Å². The summed E-state index contributed by atoms with van der Waals surface area (Å²) in [6.07, 6.45) is -3.57. The number of hydrogen-bond donors (Lipinski definition) is 2. The van der Waals surface area contributed by atoms with Crippen molar-refractivity contribution >= 4 is 52.2 Å². The highest BCUT2D eigenvalue weighted by Crippen LogP contribution is 2.54.